The zero-order valence-electron chi connectivity index (χ0n) is 11.5. The third-order valence-corrected chi connectivity index (χ3v) is 5.51. The number of hydrogen-bond donors (Lipinski definition) is 1. The van der Waals surface area contributed by atoms with Gasteiger partial charge in [0.2, 0.25) is 0 Å². The van der Waals surface area contributed by atoms with E-state index in [0.29, 0.717) is 0 Å². The van der Waals surface area contributed by atoms with Crippen LogP contribution in [0.4, 0.5) is 0 Å². The quantitative estimate of drug-likeness (QED) is 0.832. The zero-order chi connectivity index (χ0) is 12.1. The first-order valence-corrected chi connectivity index (χ1v) is 8.44. The first kappa shape index (κ1) is 13.7. The van der Waals surface area contributed by atoms with Crippen LogP contribution in [0, 0.1) is 11.8 Å². The summed E-state index contributed by atoms with van der Waals surface area (Å²) >= 11 is 2.10. The van der Waals surface area contributed by atoms with Gasteiger partial charge in [0.25, 0.3) is 0 Å². The smallest absolute Gasteiger partial charge is 0.0108 e. The average Bonchev–Trinajstić information content (AvgIpc) is 2.35. The van der Waals surface area contributed by atoms with Crippen molar-refractivity contribution in [1.82, 2.24) is 10.2 Å². The SMILES string of the molecule is CC1CCC(NCCN2CCSCC2)CC1C. The lowest BCUT2D eigenvalue weighted by atomic mass is 9.79. The summed E-state index contributed by atoms with van der Waals surface area (Å²) in [5, 5.41) is 3.77. The molecule has 17 heavy (non-hydrogen) atoms. The van der Waals surface area contributed by atoms with E-state index in [4.69, 9.17) is 0 Å². The summed E-state index contributed by atoms with van der Waals surface area (Å²) in [6.45, 7) is 9.86. The van der Waals surface area contributed by atoms with E-state index in [2.05, 4.69) is 35.8 Å². The van der Waals surface area contributed by atoms with Crippen LogP contribution in [-0.4, -0.2) is 48.6 Å². The molecule has 3 atom stereocenters. The molecule has 1 saturated carbocycles. The Bertz CT molecular complexity index is 216. The van der Waals surface area contributed by atoms with Crippen molar-refractivity contribution in [2.24, 2.45) is 11.8 Å². The summed E-state index contributed by atoms with van der Waals surface area (Å²) in [5.74, 6) is 4.51. The van der Waals surface area contributed by atoms with Gasteiger partial charge in [-0.05, 0) is 31.1 Å². The lowest BCUT2D eigenvalue weighted by Crippen LogP contribution is -2.42. The predicted octanol–water partition coefficient (Wildman–Crippen LogP) is 2.45. The van der Waals surface area contributed by atoms with Crippen LogP contribution in [0.1, 0.15) is 33.1 Å². The van der Waals surface area contributed by atoms with Crippen molar-refractivity contribution in [1.29, 1.82) is 0 Å². The van der Waals surface area contributed by atoms with Gasteiger partial charge < -0.3 is 10.2 Å². The molecule has 0 bridgehead atoms. The fourth-order valence-electron chi connectivity index (χ4n) is 2.98. The van der Waals surface area contributed by atoms with E-state index >= 15 is 0 Å². The number of hydrogen-bond acceptors (Lipinski definition) is 3. The molecule has 1 aliphatic heterocycles. The van der Waals surface area contributed by atoms with Crippen LogP contribution in [-0.2, 0) is 0 Å². The largest absolute Gasteiger partial charge is 0.313 e. The van der Waals surface area contributed by atoms with E-state index in [1.165, 1.54) is 56.9 Å². The van der Waals surface area contributed by atoms with Crippen LogP contribution in [0.3, 0.4) is 0 Å². The molecule has 1 heterocycles. The highest BCUT2D eigenvalue weighted by Crippen LogP contribution is 2.29. The summed E-state index contributed by atoms with van der Waals surface area (Å²) in [7, 11) is 0. The van der Waals surface area contributed by atoms with Crippen LogP contribution >= 0.6 is 11.8 Å². The van der Waals surface area contributed by atoms with E-state index in [1.54, 1.807) is 0 Å². The molecule has 0 spiro atoms. The summed E-state index contributed by atoms with van der Waals surface area (Å²) in [6, 6.07) is 0.792. The van der Waals surface area contributed by atoms with Crippen LogP contribution in [0.2, 0.25) is 0 Å². The third kappa shape index (κ3) is 4.46. The molecule has 3 unspecified atom stereocenters. The van der Waals surface area contributed by atoms with Crippen molar-refractivity contribution in [3.63, 3.8) is 0 Å². The Balaban J connectivity index is 1.58. The van der Waals surface area contributed by atoms with Crippen LogP contribution < -0.4 is 5.32 Å². The normalized spacial score (nSPS) is 36.0. The van der Waals surface area contributed by atoms with E-state index in [-0.39, 0.29) is 0 Å². The van der Waals surface area contributed by atoms with Gasteiger partial charge in [-0.25, -0.2) is 0 Å². The molecule has 100 valence electrons. The first-order valence-electron chi connectivity index (χ1n) is 7.29. The summed E-state index contributed by atoms with van der Waals surface area (Å²) < 4.78 is 0. The summed E-state index contributed by atoms with van der Waals surface area (Å²) in [4.78, 5) is 2.61. The van der Waals surface area contributed by atoms with E-state index in [9.17, 15) is 0 Å². The van der Waals surface area contributed by atoms with Gasteiger partial charge in [0, 0.05) is 43.7 Å². The molecular formula is C14H28N2S. The van der Waals surface area contributed by atoms with Gasteiger partial charge in [0.1, 0.15) is 0 Å². The Morgan fingerprint density at radius 3 is 2.59 bits per heavy atom. The van der Waals surface area contributed by atoms with Crippen molar-refractivity contribution < 1.29 is 0 Å². The van der Waals surface area contributed by atoms with E-state index in [0.717, 1.165) is 17.9 Å². The highest BCUT2D eigenvalue weighted by atomic mass is 32.2. The minimum Gasteiger partial charge on any atom is -0.313 e. The maximum absolute atomic E-state index is 3.77. The number of nitrogens with zero attached hydrogens (tertiary/aromatic N) is 1. The minimum atomic E-state index is 0.792. The van der Waals surface area contributed by atoms with Crippen LogP contribution in [0.5, 0.6) is 0 Å². The second-order valence-corrected chi connectivity index (χ2v) is 7.10. The lowest BCUT2D eigenvalue weighted by molar-refractivity contribution is 0.217. The molecule has 0 aromatic carbocycles. The second-order valence-electron chi connectivity index (χ2n) is 5.87. The van der Waals surface area contributed by atoms with Crippen molar-refractivity contribution in [2.75, 3.05) is 37.7 Å². The maximum atomic E-state index is 3.77. The Kier molecular flexibility index (Phi) is 5.64. The van der Waals surface area contributed by atoms with E-state index in [1.807, 2.05) is 0 Å². The van der Waals surface area contributed by atoms with Gasteiger partial charge in [-0.3, -0.25) is 0 Å². The van der Waals surface area contributed by atoms with Gasteiger partial charge in [-0.2, -0.15) is 11.8 Å². The number of nitrogens with one attached hydrogen (secondary N) is 1. The lowest BCUT2D eigenvalue weighted by Gasteiger charge is -2.33. The fourth-order valence-corrected chi connectivity index (χ4v) is 3.96. The van der Waals surface area contributed by atoms with Crippen molar-refractivity contribution in [2.45, 2.75) is 39.2 Å². The monoisotopic (exact) mass is 256 g/mol. The van der Waals surface area contributed by atoms with Crippen LogP contribution in [0.25, 0.3) is 0 Å². The molecule has 0 amide bonds. The molecule has 2 rings (SSSR count). The Hall–Kier alpha value is 0.270. The molecule has 1 N–H and O–H groups in total. The van der Waals surface area contributed by atoms with Gasteiger partial charge >= 0.3 is 0 Å². The minimum absolute atomic E-state index is 0.792. The maximum Gasteiger partial charge on any atom is 0.0108 e. The number of thioether (sulfide) groups is 1. The highest BCUT2D eigenvalue weighted by molar-refractivity contribution is 7.99. The molecule has 2 aliphatic rings. The van der Waals surface area contributed by atoms with Gasteiger partial charge in [0.05, 0.1) is 0 Å². The summed E-state index contributed by atoms with van der Waals surface area (Å²) in [6.07, 6.45) is 4.19. The summed E-state index contributed by atoms with van der Waals surface area (Å²) in [5.41, 5.74) is 0. The van der Waals surface area contributed by atoms with E-state index < -0.39 is 0 Å². The fraction of sp³-hybridized carbons (Fsp3) is 1.00. The van der Waals surface area contributed by atoms with Gasteiger partial charge in [-0.15, -0.1) is 0 Å². The Morgan fingerprint density at radius 2 is 1.88 bits per heavy atom. The topological polar surface area (TPSA) is 15.3 Å². The van der Waals surface area contributed by atoms with Crippen molar-refractivity contribution in [3.8, 4) is 0 Å². The third-order valence-electron chi connectivity index (χ3n) is 4.56. The van der Waals surface area contributed by atoms with Crippen LogP contribution in [0.15, 0.2) is 0 Å². The molecule has 2 fully saturated rings. The molecule has 0 aromatic rings. The van der Waals surface area contributed by atoms with Gasteiger partial charge in [0.15, 0.2) is 0 Å². The zero-order valence-corrected chi connectivity index (χ0v) is 12.3. The molecule has 1 saturated heterocycles. The first-order chi connectivity index (χ1) is 8.25. The predicted molar refractivity (Wildman–Crippen MR) is 77.7 cm³/mol. The number of rotatable bonds is 4. The molecule has 1 aliphatic carbocycles. The average molecular weight is 256 g/mol. The van der Waals surface area contributed by atoms with Gasteiger partial charge in [-0.1, -0.05) is 13.8 Å². The standard InChI is InChI=1S/C14H28N2S/c1-12-3-4-14(11-13(12)2)15-5-6-16-7-9-17-10-8-16/h12-15H,3-11H2,1-2H3. The molecule has 2 nitrogen and oxygen atoms in total. The second kappa shape index (κ2) is 7.01. The molecule has 0 radical (unpaired) electrons. The molecule has 3 heteroatoms. The Morgan fingerprint density at radius 1 is 1.12 bits per heavy atom. The Labute approximate surface area is 111 Å². The molecule has 0 aromatic heterocycles. The van der Waals surface area contributed by atoms with Crippen molar-refractivity contribution in [3.05, 3.63) is 0 Å². The molecular weight excluding hydrogens is 228 g/mol. The highest BCUT2D eigenvalue weighted by Gasteiger charge is 2.24. The van der Waals surface area contributed by atoms with Crippen molar-refractivity contribution >= 4 is 11.8 Å².